The van der Waals surface area contributed by atoms with Crippen molar-refractivity contribution in [3.63, 3.8) is 0 Å². The van der Waals surface area contributed by atoms with Gasteiger partial charge in [-0.25, -0.2) is 4.98 Å². The number of amides is 2. The number of imidazole rings is 1. The zero-order valence-corrected chi connectivity index (χ0v) is 17.6. The Hall–Kier alpha value is -3.71. The highest BCUT2D eigenvalue weighted by atomic mass is 35.5. The lowest BCUT2D eigenvalue weighted by Crippen LogP contribution is -2.23. The Bertz CT molecular complexity index is 1250. The van der Waals surface area contributed by atoms with E-state index in [1.54, 1.807) is 24.4 Å². The van der Waals surface area contributed by atoms with Crippen molar-refractivity contribution in [3.05, 3.63) is 94.7 Å². The minimum absolute atomic E-state index is 0.130. The van der Waals surface area contributed by atoms with Gasteiger partial charge in [0.05, 0.1) is 34.9 Å². The van der Waals surface area contributed by atoms with Gasteiger partial charge in [-0.3, -0.25) is 14.6 Å². The smallest absolute Gasteiger partial charge is 0.253 e. The molecule has 156 valence electrons. The van der Waals surface area contributed by atoms with Crippen molar-refractivity contribution < 1.29 is 9.59 Å². The summed E-state index contributed by atoms with van der Waals surface area (Å²) in [6.07, 6.45) is 5.53. The average molecular weight is 434 g/mol. The van der Waals surface area contributed by atoms with E-state index >= 15 is 0 Å². The first-order valence-electron chi connectivity index (χ1n) is 9.70. The zero-order chi connectivity index (χ0) is 21.8. The van der Waals surface area contributed by atoms with Crippen LogP contribution in [0.25, 0.3) is 5.65 Å². The molecule has 0 aliphatic carbocycles. The molecule has 0 saturated heterocycles. The Morgan fingerprint density at radius 1 is 1.10 bits per heavy atom. The summed E-state index contributed by atoms with van der Waals surface area (Å²) in [7, 11) is 0. The number of nitrogens with zero attached hydrogens (tertiary/aromatic N) is 3. The molecule has 3 aromatic heterocycles. The summed E-state index contributed by atoms with van der Waals surface area (Å²) in [4.78, 5) is 33.5. The Morgan fingerprint density at radius 2 is 1.97 bits per heavy atom. The third kappa shape index (κ3) is 4.90. The lowest BCUT2D eigenvalue weighted by Gasteiger charge is -2.09. The van der Waals surface area contributed by atoms with Gasteiger partial charge in [0.15, 0.2) is 0 Å². The van der Waals surface area contributed by atoms with Gasteiger partial charge in [0, 0.05) is 24.3 Å². The Kier molecular flexibility index (Phi) is 5.95. The topological polar surface area (TPSA) is 88.4 Å². The Labute approximate surface area is 184 Å². The maximum absolute atomic E-state index is 12.4. The number of fused-ring (bicyclic) bond motifs is 1. The van der Waals surface area contributed by atoms with Gasteiger partial charge in [0.25, 0.3) is 5.91 Å². The van der Waals surface area contributed by atoms with Crippen molar-refractivity contribution in [1.29, 1.82) is 0 Å². The molecule has 4 rings (SSSR count). The summed E-state index contributed by atoms with van der Waals surface area (Å²) in [6, 6.07) is 14.2. The highest BCUT2D eigenvalue weighted by Crippen LogP contribution is 2.21. The first-order chi connectivity index (χ1) is 15.0. The van der Waals surface area contributed by atoms with Crippen LogP contribution in [0.2, 0.25) is 5.02 Å². The number of aryl methyl sites for hydroxylation is 1. The average Bonchev–Trinajstić information content (AvgIpc) is 3.16. The van der Waals surface area contributed by atoms with Crippen molar-refractivity contribution in [2.45, 2.75) is 19.9 Å². The standard InChI is InChI=1S/C23H20ClN5O2/c1-15-5-4-10-29-14-18(28-22(15)29)12-21(30)27-16-7-8-19(20(24)11-16)23(31)26-13-17-6-2-3-9-25-17/h2-11,14H,12-13H2,1H3,(H,26,31)(H,27,30). The summed E-state index contributed by atoms with van der Waals surface area (Å²) in [5, 5.41) is 5.83. The van der Waals surface area contributed by atoms with Crippen LogP contribution in [-0.4, -0.2) is 26.2 Å². The molecule has 0 aliphatic heterocycles. The highest BCUT2D eigenvalue weighted by molar-refractivity contribution is 6.34. The number of anilines is 1. The molecule has 0 unspecified atom stereocenters. The molecule has 2 N–H and O–H groups in total. The van der Waals surface area contributed by atoms with Crippen molar-refractivity contribution >= 4 is 34.7 Å². The fourth-order valence-corrected chi connectivity index (χ4v) is 3.47. The summed E-state index contributed by atoms with van der Waals surface area (Å²) in [5.41, 5.74) is 4.12. The number of pyridine rings is 2. The Morgan fingerprint density at radius 3 is 2.71 bits per heavy atom. The van der Waals surface area contributed by atoms with E-state index < -0.39 is 0 Å². The number of benzene rings is 1. The lowest BCUT2D eigenvalue weighted by atomic mass is 10.2. The largest absolute Gasteiger partial charge is 0.346 e. The molecule has 0 saturated carbocycles. The maximum atomic E-state index is 12.4. The van der Waals surface area contributed by atoms with Crippen LogP contribution in [0.5, 0.6) is 0 Å². The fourth-order valence-electron chi connectivity index (χ4n) is 3.21. The molecule has 31 heavy (non-hydrogen) atoms. The predicted octanol–water partition coefficient (Wildman–Crippen LogP) is 3.80. The molecular formula is C23H20ClN5O2. The van der Waals surface area contributed by atoms with Crippen LogP contribution in [0, 0.1) is 6.92 Å². The van der Waals surface area contributed by atoms with E-state index in [4.69, 9.17) is 11.6 Å². The number of halogens is 1. The molecule has 4 aromatic rings. The van der Waals surface area contributed by atoms with E-state index in [-0.39, 0.29) is 23.3 Å². The first-order valence-corrected chi connectivity index (χ1v) is 10.1. The number of carbonyl (C=O) groups is 2. The minimum atomic E-state index is -0.311. The molecule has 0 fully saturated rings. The quantitative estimate of drug-likeness (QED) is 0.484. The molecule has 0 radical (unpaired) electrons. The molecule has 0 bridgehead atoms. The number of nitrogens with one attached hydrogen (secondary N) is 2. The highest BCUT2D eigenvalue weighted by Gasteiger charge is 2.13. The second-order valence-corrected chi connectivity index (χ2v) is 7.48. The van der Waals surface area contributed by atoms with E-state index in [2.05, 4.69) is 20.6 Å². The van der Waals surface area contributed by atoms with Crippen LogP contribution in [-0.2, 0) is 17.8 Å². The van der Waals surface area contributed by atoms with Crippen LogP contribution in [0.15, 0.2) is 67.1 Å². The summed E-state index contributed by atoms with van der Waals surface area (Å²) in [6.45, 7) is 2.27. The number of hydrogen-bond donors (Lipinski definition) is 2. The van der Waals surface area contributed by atoms with Gasteiger partial charge in [-0.05, 0) is 48.9 Å². The number of rotatable bonds is 6. The van der Waals surface area contributed by atoms with Crippen LogP contribution in [0.4, 0.5) is 5.69 Å². The maximum Gasteiger partial charge on any atom is 0.253 e. The SMILES string of the molecule is Cc1cccn2cc(CC(=O)Nc3ccc(C(=O)NCc4ccccn4)c(Cl)c3)nc12. The molecule has 0 atom stereocenters. The molecule has 3 heterocycles. The molecule has 8 heteroatoms. The lowest BCUT2D eigenvalue weighted by molar-refractivity contribution is -0.115. The van der Waals surface area contributed by atoms with Crippen molar-refractivity contribution in [3.8, 4) is 0 Å². The Balaban J connectivity index is 1.38. The third-order valence-corrected chi connectivity index (χ3v) is 5.04. The molecule has 0 aliphatic rings. The van der Waals surface area contributed by atoms with Gasteiger partial charge in [0.2, 0.25) is 5.91 Å². The van der Waals surface area contributed by atoms with E-state index in [0.29, 0.717) is 23.5 Å². The molecule has 7 nitrogen and oxygen atoms in total. The van der Waals surface area contributed by atoms with Crippen LogP contribution < -0.4 is 10.6 Å². The van der Waals surface area contributed by atoms with E-state index in [0.717, 1.165) is 16.9 Å². The first kappa shape index (κ1) is 20.6. The molecular weight excluding hydrogens is 414 g/mol. The second kappa shape index (κ2) is 8.97. The van der Waals surface area contributed by atoms with Crippen LogP contribution in [0.1, 0.15) is 27.3 Å². The number of aromatic nitrogens is 3. The van der Waals surface area contributed by atoms with E-state index in [1.165, 1.54) is 0 Å². The third-order valence-electron chi connectivity index (χ3n) is 4.72. The van der Waals surface area contributed by atoms with Gasteiger partial charge < -0.3 is 15.0 Å². The number of carbonyl (C=O) groups excluding carboxylic acids is 2. The summed E-state index contributed by atoms with van der Waals surface area (Å²) >= 11 is 6.28. The van der Waals surface area contributed by atoms with Crippen molar-refractivity contribution in [2.75, 3.05) is 5.32 Å². The second-order valence-electron chi connectivity index (χ2n) is 7.08. The molecule has 2 amide bonds. The van der Waals surface area contributed by atoms with Crippen LogP contribution >= 0.6 is 11.6 Å². The van der Waals surface area contributed by atoms with Gasteiger partial charge in [0.1, 0.15) is 5.65 Å². The van der Waals surface area contributed by atoms with E-state index in [9.17, 15) is 9.59 Å². The molecule has 0 spiro atoms. The predicted molar refractivity (Wildman–Crippen MR) is 119 cm³/mol. The fraction of sp³-hybridized carbons (Fsp3) is 0.130. The van der Waals surface area contributed by atoms with E-state index in [1.807, 2.05) is 54.0 Å². The van der Waals surface area contributed by atoms with Crippen molar-refractivity contribution in [1.82, 2.24) is 19.7 Å². The zero-order valence-electron chi connectivity index (χ0n) is 16.8. The van der Waals surface area contributed by atoms with Gasteiger partial charge in [-0.2, -0.15) is 0 Å². The minimum Gasteiger partial charge on any atom is -0.346 e. The summed E-state index contributed by atoms with van der Waals surface area (Å²) in [5.74, 6) is -0.530. The monoisotopic (exact) mass is 433 g/mol. The van der Waals surface area contributed by atoms with Crippen molar-refractivity contribution in [2.24, 2.45) is 0 Å². The van der Waals surface area contributed by atoms with Gasteiger partial charge in [-0.1, -0.05) is 23.7 Å². The normalized spacial score (nSPS) is 10.8. The van der Waals surface area contributed by atoms with Gasteiger partial charge >= 0.3 is 0 Å². The summed E-state index contributed by atoms with van der Waals surface area (Å²) < 4.78 is 1.90. The van der Waals surface area contributed by atoms with Crippen LogP contribution in [0.3, 0.4) is 0 Å². The van der Waals surface area contributed by atoms with Gasteiger partial charge in [-0.15, -0.1) is 0 Å². The number of hydrogen-bond acceptors (Lipinski definition) is 4. The molecule has 1 aromatic carbocycles.